The molecule has 108 valence electrons. The molecule has 1 heterocycles. The lowest BCUT2D eigenvalue weighted by atomic mass is 10.2. The van der Waals surface area contributed by atoms with E-state index in [4.69, 9.17) is 0 Å². The van der Waals surface area contributed by atoms with Crippen LogP contribution in [0.15, 0.2) is 24.3 Å². The number of nitrogens with one attached hydrogen (secondary N) is 1. The molecule has 1 aromatic carbocycles. The molecular formula is C15H21FN4. The summed E-state index contributed by atoms with van der Waals surface area (Å²) in [6.45, 7) is 5.64. The Balaban J connectivity index is 2.48. The smallest absolute Gasteiger partial charge is 0.135 e. The molecule has 2 aromatic rings. The van der Waals surface area contributed by atoms with Crippen molar-refractivity contribution in [1.82, 2.24) is 15.1 Å². The molecule has 0 aliphatic heterocycles. The number of hydrogen-bond acceptors (Lipinski definition) is 3. The molecule has 1 aromatic heterocycles. The van der Waals surface area contributed by atoms with Crippen molar-refractivity contribution in [2.75, 3.05) is 18.5 Å². The summed E-state index contributed by atoms with van der Waals surface area (Å²) >= 11 is 0. The van der Waals surface area contributed by atoms with Crippen molar-refractivity contribution in [3.63, 3.8) is 0 Å². The zero-order valence-corrected chi connectivity index (χ0v) is 12.4. The molecule has 0 amide bonds. The standard InChI is InChI=1S/C15H21FN4/c1-5-20(13-8-6-12(16)7-9-13)15-14(10-17-3)11(2)18-19(15)4/h6-9,17H,5,10H2,1-4H3. The molecule has 20 heavy (non-hydrogen) atoms. The first-order valence-electron chi connectivity index (χ1n) is 6.78. The maximum atomic E-state index is 13.1. The summed E-state index contributed by atoms with van der Waals surface area (Å²) in [6.07, 6.45) is 0. The minimum absolute atomic E-state index is 0.221. The van der Waals surface area contributed by atoms with Gasteiger partial charge in [0.25, 0.3) is 0 Å². The highest BCUT2D eigenvalue weighted by molar-refractivity contribution is 5.64. The van der Waals surface area contributed by atoms with E-state index in [1.54, 1.807) is 12.1 Å². The molecule has 4 nitrogen and oxygen atoms in total. The monoisotopic (exact) mass is 276 g/mol. The highest BCUT2D eigenvalue weighted by Crippen LogP contribution is 2.29. The van der Waals surface area contributed by atoms with E-state index in [0.29, 0.717) is 0 Å². The highest BCUT2D eigenvalue weighted by Gasteiger charge is 2.19. The predicted molar refractivity (Wildman–Crippen MR) is 79.8 cm³/mol. The van der Waals surface area contributed by atoms with Crippen LogP contribution in [0.5, 0.6) is 0 Å². The zero-order valence-electron chi connectivity index (χ0n) is 12.4. The summed E-state index contributed by atoms with van der Waals surface area (Å²) < 4.78 is 15.0. The lowest BCUT2D eigenvalue weighted by Crippen LogP contribution is -2.21. The average molecular weight is 276 g/mol. The first kappa shape index (κ1) is 14.5. The van der Waals surface area contributed by atoms with E-state index in [-0.39, 0.29) is 5.82 Å². The first-order valence-corrected chi connectivity index (χ1v) is 6.78. The average Bonchev–Trinajstić information content (AvgIpc) is 2.69. The van der Waals surface area contributed by atoms with E-state index >= 15 is 0 Å². The number of rotatable bonds is 5. The van der Waals surface area contributed by atoms with E-state index in [1.165, 1.54) is 17.7 Å². The number of benzene rings is 1. The molecule has 0 saturated heterocycles. The Kier molecular flexibility index (Phi) is 4.39. The van der Waals surface area contributed by atoms with Gasteiger partial charge in [0.05, 0.1) is 5.69 Å². The normalized spacial score (nSPS) is 10.8. The lowest BCUT2D eigenvalue weighted by molar-refractivity contribution is 0.627. The van der Waals surface area contributed by atoms with E-state index in [1.807, 2.05) is 25.7 Å². The maximum absolute atomic E-state index is 13.1. The van der Waals surface area contributed by atoms with Gasteiger partial charge in [-0.2, -0.15) is 5.10 Å². The number of halogens is 1. The van der Waals surface area contributed by atoms with E-state index < -0.39 is 0 Å². The van der Waals surface area contributed by atoms with Crippen LogP contribution in [0.3, 0.4) is 0 Å². The molecule has 0 saturated carbocycles. The number of anilines is 2. The first-order chi connectivity index (χ1) is 9.58. The fraction of sp³-hybridized carbons (Fsp3) is 0.400. The van der Waals surface area contributed by atoms with Crippen LogP contribution in [0.1, 0.15) is 18.2 Å². The summed E-state index contributed by atoms with van der Waals surface area (Å²) in [4.78, 5) is 2.14. The summed E-state index contributed by atoms with van der Waals surface area (Å²) in [5.74, 6) is 0.826. The van der Waals surface area contributed by atoms with Gasteiger partial charge in [-0.3, -0.25) is 4.68 Å². The van der Waals surface area contributed by atoms with Crippen molar-refractivity contribution < 1.29 is 4.39 Å². The molecular weight excluding hydrogens is 255 g/mol. The second-order valence-electron chi connectivity index (χ2n) is 4.76. The van der Waals surface area contributed by atoms with Gasteiger partial charge in [0.1, 0.15) is 11.6 Å². The fourth-order valence-electron chi connectivity index (χ4n) is 2.49. The Labute approximate surface area is 119 Å². The van der Waals surface area contributed by atoms with Gasteiger partial charge in [-0.15, -0.1) is 0 Å². The van der Waals surface area contributed by atoms with Crippen LogP contribution in [0.4, 0.5) is 15.9 Å². The van der Waals surface area contributed by atoms with Gasteiger partial charge in [0.15, 0.2) is 0 Å². The molecule has 0 unspecified atom stereocenters. The predicted octanol–water partition coefficient (Wildman–Crippen LogP) is 2.75. The number of aryl methyl sites for hydroxylation is 2. The van der Waals surface area contributed by atoms with E-state index in [9.17, 15) is 4.39 Å². The van der Waals surface area contributed by atoms with Crippen LogP contribution in [0.25, 0.3) is 0 Å². The van der Waals surface area contributed by atoms with Crippen molar-refractivity contribution >= 4 is 11.5 Å². The molecule has 0 bridgehead atoms. The quantitative estimate of drug-likeness (QED) is 0.911. The maximum Gasteiger partial charge on any atom is 0.135 e. The Hall–Kier alpha value is -1.88. The van der Waals surface area contributed by atoms with Crippen LogP contribution in [-0.4, -0.2) is 23.4 Å². The Morgan fingerprint density at radius 2 is 1.95 bits per heavy atom. The van der Waals surface area contributed by atoms with Crippen molar-refractivity contribution in [3.05, 3.63) is 41.3 Å². The second-order valence-corrected chi connectivity index (χ2v) is 4.76. The van der Waals surface area contributed by atoms with Gasteiger partial charge in [-0.1, -0.05) is 0 Å². The fourth-order valence-corrected chi connectivity index (χ4v) is 2.49. The minimum atomic E-state index is -0.221. The lowest BCUT2D eigenvalue weighted by Gasteiger charge is -2.24. The summed E-state index contributed by atoms with van der Waals surface area (Å²) in [5.41, 5.74) is 3.15. The van der Waals surface area contributed by atoms with Crippen LogP contribution in [-0.2, 0) is 13.6 Å². The topological polar surface area (TPSA) is 33.1 Å². The number of hydrogen-bond donors (Lipinski definition) is 1. The SMILES string of the molecule is CCN(c1ccc(F)cc1)c1c(CNC)c(C)nn1C. The van der Waals surface area contributed by atoms with Gasteiger partial charge in [0, 0.05) is 31.4 Å². The van der Waals surface area contributed by atoms with Crippen LogP contribution in [0, 0.1) is 12.7 Å². The third-order valence-corrected chi connectivity index (χ3v) is 3.38. The summed E-state index contributed by atoms with van der Waals surface area (Å²) in [5, 5.41) is 7.68. The molecule has 0 aliphatic rings. The van der Waals surface area contributed by atoms with Gasteiger partial charge >= 0.3 is 0 Å². The van der Waals surface area contributed by atoms with Crippen molar-refractivity contribution in [2.45, 2.75) is 20.4 Å². The molecule has 0 aliphatic carbocycles. The third-order valence-electron chi connectivity index (χ3n) is 3.38. The number of nitrogens with zero attached hydrogens (tertiary/aromatic N) is 3. The summed E-state index contributed by atoms with van der Waals surface area (Å²) in [7, 11) is 3.86. The number of aromatic nitrogens is 2. The van der Waals surface area contributed by atoms with Crippen molar-refractivity contribution in [2.24, 2.45) is 7.05 Å². The van der Waals surface area contributed by atoms with Gasteiger partial charge in [0.2, 0.25) is 0 Å². The van der Waals surface area contributed by atoms with E-state index in [2.05, 4.69) is 22.2 Å². The van der Waals surface area contributed by atoms with Crippen molar-refractivity contribution in [3.8, 4) is 0 Å². The van der Waals surface area contributed by atoms with Crippen LogP contribution < -0.4 is 10.2 Å². The molecule has 0 fully saturated rings. The van der Waals surface area contributed by atoms with Crippen LogP contribution in [0.2, 0.25) is 0 Å². The molecule has 0 atom stereocenters. The molecule has 0 radical (unpaired) electrons. The third kappa shape index (κ3) is 2.67. The Morgan fingerprint density at radius 3 is 2.50 bits per heavy atom. The molecule has 0 spiro atoms. The molecule has 1 N–H and O–H groups in total. The molecule has 2 rings (SSSR count). The Bertz CT molecular complexity index is 574. The van der Waals surface area contributed by atoms with Gasteiger partial charge in [-0.25, -0.2) is 4.39 Å². The van der Waals surface area contributed by atoms with Crippen LogP contribution >= 0.6 is 0 Å². The highest BCUT2D eigenvalue weighted by atomic mass is 19.1. The zero-order chi connectivity index (χ0) is 14.7. The second kappa shape index (κ2) is 6.05. The van der Waals surface area contributed by atoms with Gasteiger partial charge < -0.3 is 10.2 Å². The largest absolute Gasteiger partial charge is 0.327 e. The van der Waals surface area contributed by atoms with Gasteiger partial charge in [-0.05, 0) is 45.2 Å². The Morgan fingerprint density at radius 1 is 1.30 bits per heavy atom. The summed E-state index contributed by atoms with van der Waals surface area (Å²) in [6, 6.07) is 6.56. The van der Waals surface area contributed by atoms with Crippen molar-refractivity contribution in [1.29, 1.82) is 0 Å². The van der Waals surface area contributed by atoms with E-state index in [0.717, 1.165) is 30.3 Å². The minimum Gasteiger partial charge on any atom is -0.327 e. The molecule has 5 heteroatoms.